The molecule has 0 aliphatic rings. The molecular formula is C22H18N4OS. The lowest BCUT2D eigenvalue weighted by Crippen LogP contribution is -2.24. The molecule has 0 radical (unpaired) electrons. The fraction of sp³-hybridized carbons (Fsp3) is 0.0455. The Morgan fingerprint density at radius 1 is 1.00 bits per heavy atom. The zero-order valence-electron chi connectivity index (χ0n) is 15.2. The van der Waals surface area contributed by atoms with Gasteiger partial charge >= 0.3 is 0 Å². The molecule has 0 saturated heterocycles. The van der Waals surface area contributed by atoms with E-state index >= 15 is 0 Å². The number of hydrogen-bond donors (Lipinski definition) is 1. The number of para-hydroxylation sites is 1. The predicted octanol–water partition coefficient (Wildman–Crippen LogP) is 4.15. The number of amides is 1. The van der Waals surface area contributed by atoms with Crippen molar-refractivity contribution in [2.45, 2.75) is 6.92 Å². The lowest BCUT2D eigenvalue weighted by molar-refractivity contribution is 0.0953. The van der Waals surface area contributed by atoms with Gasteiger partial charge in [0, 0.05) is 29.0 Å². The van der Waals surface area contributed by atoms with Crippen molar-refractivity contribution in [3.8, 4) is 16.9 Å². The zero-order valence-corrected chi connectivity index (χ0v) is 16.1. The van der Waals surface area contributed by atoms with Gasteiger partial charge in [0.2, 0.25) is 4.80 Å². The van der Waals surface area contributed by atoms with Crippen LogP contribution in [-0.4, -0.2) is 15.5 Å². The third kappa shape index (κ3) is 3.77. The maximum atomic E-state index is 12.3. The van der Waals surface area contributed by atoms with Crippen LogP contribution >= 0.6 is 11.3 Å². The quantitative estimate of drug-likeness (QED) is 0.536. The molecule has 1 amide bonds. The molecule has 0 aliphatic heterocycles. The summed E-state index contributed by atoms with van der Waals surface area (Å²) in [4.78, 5) is 17.0. The normalized spacial score (nSPS) is 11.4. The minimum Gasteiger partial charge on any atom is -0.284 e. The molecule has 0 unspecified atom stereocenters. The highest BCUT2D eigenvalue weighted by atomic mass is 32.1. The van der Waals surface area contributed by atoms with Crippen LogP contribution in [0, 0.1) is 6.92 Å². The summed E-state index contributed by atoms with van der Waals surface area (Å²) in [6, 6.07) is 21.7. The summed E-state index contributed by atoms with van der Waals surface area (Å²) >= 11 is 1.48. The molecule has 2 aromatic carbocycles. The smallest absolute Gasteiger partial charge is 0.271 e. The van der Waals surface area contributed by atoms with E-state index in [4.69, 9.17) is 0 Å². The molecule has 2 heterocycles. The van der Waals surface area contributed by atoms with Gasteiger partial charge in [0.15, 0.2) is 0 Å². The molecule has 4 aromatic rings. The second-order valence-corrected chi connectivity index (χ2v) is 7.07. The second-order valence-electron chi connectivity index (χ2n) is 6.23. The standard InChI is InChI=1S/C22H18N4OS/c1-16-7-9-17(10-8-16)20-15-28-22(26(20)19-5-3-2-4-6-19)25-24-21(27)18-11-13-23-14-12-18/h2-15H,1H3,(H,24,27)/b25-22-. The number of rotatable bonds is 4. The molecule has 0 fully saturated rings. The minimum atomic E-state index is -0.271. The number of hydrogen-bond acceptors (Lipinski definition) is 4. The number of nitrogens with one attached hydrogen (secondary N) is 1. The van der Waals surface area contributed by atoms with Gasteiger partial charge in [-0.25, -0.2) is 5.43 Å². The van der Waals surface area contributed by atoms with Crippen molar-refractivity contribution in [1.82, 2.24) is 15.0 Å². The molecule has 0 spiro atoms. The van der Waals surface area contributed by atoms with E-state index in [1.807, 2.05) is 34.9 Å². The number of thiazole rings is 1. The third-order valence-corrected chi connectivity index (χ3v) is 5.09. The van der Waals surface area contributed by atoms with E-state index < -0.39 is 0 Å². The molecule has 28 heavy (non-hydrogen) atoms. The van der Waals surface area contributed by atoms with E-state index in [1.165, 1.54) is 16.9 Å². The minimum absolute atomic E-state index is 0.271. The van der Waals surface area contributed by atoms with Crippen molar-refractivity contribution in [3.05, 3.63) is 100 Å². The van der Waals surface area contributed by atoms with E-state index in [1.54, 1.807) is 24.5 Å². The van der Waals surface area contributed by atoms with E-state index in [-0.39, 0.29) is 5.91 Å². The van der Waals surface area contributed by atoms with Crippen molar-refractivity contribution in [2.24, 2.45) is 5.10 Å². The molecule has 0 atom stereocenters. The second kappa shape index (κ2) is 8.02. The SMILES string of the molecule is Cc1ccc(-c2cs/c(=N\NC(=O)c3ccncc3)n2-c2ccccc2)cc1. The highest BCUT2D eigenvalue weighted by Gasteiger charge is 2.11. The first-order valence-corrected chi connectivity index (χ1v) is 9.67. The van der Waals surface area contributed by atoms with E-state index in [0.29, 0.717) is 10.4 Å². The number of benzene rings is 2. The molecule has 1 N–H and O–H groups in total. The van der Waals surface area contributed by atoms with Crippen LogP contribution in [0.4, 0.5) is 0 Å². The molecule has 4 rings (SSSR count). The number of aromatic nitrogens is 2. The third-order valence-electron chi connectivity index (χ3n) is 4.27. The Hall–Kier alpha value is -3.51. The van der Waals surface area contributed by atoms with Gasteiger partial charge in [0.25, 0.3) is 5.91 Å². The maximum absolute atomic E-state index is 12.3. The molecule has 0 bridgehead atoms. The van der Waals surface area contributed by atoms with Gasteiger partial charge in [0.1, 0.15) is 0 Å². The Morgan fingerprint density at radius 3 is 2.43 bits per heavy atom. The zero-order chi connectivity index (χ0) is 19.3. The summed E-state index contributed by atoms with van der Waals surface area (Å²) in [5.41, 5.74) is 7.46. The van der Waals surface area contributed by atoms with E-state index in [2.05, 4.69) is 52.1 Å². The van der Waals surface area contributed by atoms with Crippen LogP contribution in [-0.2, 0) is 0 Å². The number of pyridine rings is 1. The van der Waals surface area contributed by atoms with E-state index in [0.717, 1.165) is 16.9 Å². The first-order valence-electron chi connectivity index (χ1n) is 8.79. The monoisotopic (exact) mass is 386 g/mol. The van der Waals surface area contributed by atoms with Crippen LogP contribution in [0.2, 0.25) is 0 Å². The van der Waals surface area contributed by atoms with Gasteiger partial charge in [-0.1, -0.05) is 48.0 Å². The summed E-state index contributed by atoms with van der Waals surface area (Å²) in [6.07, 6.45) is 3.17. The first kappa shape index (κ1) is 17.9. The Bertz CT molecular complexity index is 1150. The molecule has 0 aliphatic carbocycles. The van der Waals surface area contributed by atoms with Crippen LogP contribution in [0.1, 0.15) is 15.9 Å². The average molecular weight is 386 g/mol. The topological polar surface area (TPSA) is 59.3 Å². The Labute approximate surface area is 166 Å². The molecule has 5 nitrogen and oxygen atoms in total. The van der Waals surface area contributed by atoms with Crippen molar-refractivity contribution >= 4 is 17.2 Å². The molecule has 2 aromatic heterocycles. The lowest BCUT2D eigenvalue weighted by atomic mass is 10.1. The summed E-state index contributed by atoms with van der Waals surface area (Å²) in [7, 11) is 0. The number of nitrogens with zero attached hydrogens (tertiary/aromatic N) is 3. The maximum Gasteiger partial charge on any atom is 0.271 e. The average Bonchev–Trinajstić information content (AvgIpc) is 3.17. The lowest BCUT2D eigenvalue weighted by Gasteiger charge is -2.09. The summed E-state index contributed by atoms with van der Waals surface area (Å²) in [6.45, 7) is 2.07. The fourth-order valence-corrected chi connectivity index (χ4v) is 3.67. The number of aryl methyl sites for hydroxylation is 1. The largest absolute Gasteiger partial charge is 0.284 e. The van der Waals surface area contributed by atoms with Crippen LogP contribution in [0.25, 0.3) is 16.9 Å². The number of carbonyl (C=O) groups excluding carboxylic acids is 1. The summed E-state index contributed by atoms with van der Waals surface area (Å²) in [5.74, 6) is -0.271. The van der Waals surface area contributed by atoms with Gasteiger partial charge in [-0.05, 0) is 36.8 Å². The highest BCUT2D eigenvalue weighted by molar-refractivity contribution is 7.07. The van der Waals surface area contributed by atoms with Crippen LogP contribution in [0.3, 0.4) is 0 Å². The van der Waals surface area contributed by atoms with E-state index in [9.17, 15) is 4.79 Å². The molecule has 0 saturated carbocycles. The number of carbonyl (C=O) groups is 1. The Kier molecular flexibility index (Phi) is 5.12. The van der Waals surface area contributed by atoms with Crippen molar-refractivity contribution in [1.29, 1.82) is 0 Å². The van der Waals surface area contributed by atoms with Gasteiger partial charge in [0.05, 0.1) is 5.69 Å². The highest BCUT2D eigenvalue weighted by Crippen LogP contribution is 2.23. The Balaban J connectivity index is 1.77. The summed E-state index contributed by atoms with van der Waals surface area (Å²) < 4.78 is 2.04. The fourth-order valence-electron chi connectivity index (χ4n) is 2.81. The van der Waals surface area contributed by atoms with Crippen molar-refractivity contribution in [3.63, 3.8) is 0 Å². The predicted molar refractivity (Wildman–Crippen MR) is 111 cm³/mol. The van der Waals surface area contributed by atoms with Gasteiger partial charge < -0.3 is 0 Å². The molecule has 138 valence electrons. The van der Waals surface area contributed by atoms with Gasteiger partial charge in [-0.3, -0.25) is 14.3 Å². The van der Waals surface area contributed by atoms with Crippen LogP contribution < -0.4 is 10.2 Å². The van der Waals surface area contributed by atoms with Crippen LogP contribution in [0.5, 0.6) is 0 Å². The summed E-state index contributed by atoms with van der Waals surface area (Å²) in [5, 5.41) is 6.43. The first-order chi connectivity index (χ1) is 13.7. The van der Waals surface area contributed by atoms with Crippen LogP contribution in [0.15, 0.2) is 89.6 Å². The van der Waals surface area contributed by atoms with Crippen molar-refractivity contribution < 1.29 is 4.79 Å². The molecular weight excluding hydrogens is 368 g/mol. The Morgan fingerprint density at radius 2 is 1.71 bits per heavy atom. The van der Waals surface area contributed by atoms with Gasteiger partial charge in [-0.2, -0.15) is 0 Å². The molecule has 6 heteroatoms. The van der Waals surface area contributed by atoms with Crippen molar-refractivity contribution in [2.75, 3.05) is 0 Å². The van der Waals surface area contributed by atoms with Gasteiger partial charge in [-0.15, -0.1) is 16.4 Å².